The zero-order chi connectivity index (χ0) is 15.6. The monoisotopic (exact) mass is 349 g/mol. The normalized spacial score (nSPS) is 16.2. The van der Waals surface area contributed by atoms with Crippen molar-refractivity contribution in [3.05, 3.63) is 23.2 Å². The molecule has 1 aromatic heterocycles. The number of carbonyl (C=O) groups excluding carboxylic acids is 1. The molecule has 1 aromatic carbocycles. The van der Waals surface area contributed by atoms with Gasteiger partial charge in [-0.1, -0.05) is 11.3 Å². The Balaban J connectivity index is 1.32. The summed E-state index contributed by atoms with van der Waals surface area (Å²) in [5.41, 5.74) is 0. The smallest absolute Gasteiger partial charge is 0.236 e. The Morgan fingerprint density at radius 2 is 2.09 bits per heavy atom. The van der Waals surface area contributed by atoms with Gasteiger partial charge in [0.2, 0.25) is 11.0 Å². The Hall–Kier alpha value is -1.80. The Morgan fingerprint density at radius 1 is 1.26 bits per heavy atom. The van der Waals surface area contributed by atoms with Crippen molar-refractivity contribution in [1.82, 2.24) is 10.2 Å². The number of ether oxygens (including phenoxy) is 2. The van der Waals surface area contributed by atoms with Crippen molar-refractivity contribution in [3.63, 3.8) is 0 Å². The highest BCUT2D eigenvalue weighted by atomic mass is 32.2. The van der Waals surface area contributed by atoms with E-state index in [-0.39, 0.29) is 5.91 Å². The number of carbonyl (C=O) groups is 1. The van der Waals surface area contributed by atoms with E-state index >= 15 is 0 Å². The number of nitrogens with zero attached hydrogens (tertiary/aromatic N) is 2. The highest BCUT2D eigenvalue weighted by Crippen LogP contribution is 2.42. The number of benzene rings is 1. The Bertz CT molecular complexity index is 731. The van der Waals surface area contributed by atoms with Gasteiger partial charge in [0.1, 0.15) is 18.2 Å². The number of hydrogen-bond donors (Lipinski definition) is 1. The molecule has 0 atom stereocenters. The van der Waals surface area contributed by atoms with Crippen LogP contribution >= 0.6 is 23.1 Å². The molecular weight excluding hydrogens is 334 g/mol. The van der Waals surface area contributed by atoms with Gasteiger partial charge in [0, 0.05) is 10.8 Å². The molecule has 23 heavy (non-hydrogen) atoms. The minimum absolute atomic E-state index is 0.0802. The van der Waals surface area contributed by atoms with E-state index in [2.05, 4.69) is 15.5 Å². The van der Waals surface area contributed by atoms with Crippen LogP contribution in [0.5, 0.6) is 11.5 Å². The molecule has 1 aliphatic heterocycles. The van der Waals surface area contributed by atoms with E-state index in [1.54, 1.807) is 0 Å². The van der Waals surface area contributed by atoms with Crippen LogP contribution < -0.4 is 14.8 Å². The standard InChI is InChI=1S/C15H15N3O3S2/c19-13(16-15-18-17-14(23-15)9-1-2-9)8-22-10-3-4-11-12(7-10)21-6-5-20-11/h3-4,7,9H,1-2,5-6,8H2,(H,16,18,19). The van der Waals surface area contributed by atoms with Gasteiger partial charge in [-0.25, -0.2) is 0 Å². The number of aromatic nitrogens is 2. The molecule has 0 unspecified atom stereocenters. The second kappa shape index (κ2) is 6.37. The lowest BCUT2D eigenvalue weighted by Gasteiger charge is -2.18. The number of amides is 1. The van der Waals surface area contributed by atoms with E-state index in [0.29, 0.717) is 30.0 Å². The van der Waals surface area contributed by atoms with Crippen LogP contribution in [0, 0.1) is 0 Å². The lowest BCUT2D eigenvalue weighted by Crippen LogP contribution is -2.15. The van der Waals surface area contributed by atoms with Crippen LogP contribution in [0.1, 0.15) is 23.8 Å². The molecule has 4 rings (SSSR count). The molecule has 1 saturated carbocycles. The third kappa shape index (κ3) is 3.59. The molecule has 1 aliphatic carbocycles. The van der Waals surface area contributed by atoms with E-state index in [1.165, 1.54) is 35.9 Å². The fourth-order valence-corrected chi connectivity index (χ4v) is 3.85. The average Bonchev–Trinajstić information content (AvgIpc) is 3.33. The first kappa shape index (κ1) is 14.8. The second-order valence-corrected chi connectivity index (χ2v) is 7.42. The maximum atomic E-state index is 12.0. The van der Waals surface area contributed by atoms with Crippen molar-refractivity contribution in [2.75, 3.05) is 24.3 Å². The highest BCUT2D eigenvalue weighted by Gasteiger charge is 2.27. The fourth-order valence-electron chi connectivity index (χ4n) is 2.20. The van der Waals surface area contributed by atoms with Crippen LogP contribution in [0.15, 0.2) is 23.1 Å². The summed E-state index contributed by atoms with van der Waals surface area (Å²) in [7, 11) is 0. The average molecular weight is 349 g/mol. The molecule has 0 bridgehead atoms. The SMILES string of the molecule is O=C(CSc1ccc2c(c1)OCCO2)Nc1nnc(C2CC2)s1. The third-order valence-corrected chi connectivity index (χ3v) is 5.49. The van der Waals surface area contributed by atoms with E-state index in [4.69, 9.17) is 9.47 Å². The lowest BCUT2D eigenvalue weighted by atomic mass is 10.3. The first-order chi connectivity index (χ1) is 11.3. The molecule has 120 valence electrons. The van der Waals surface area contributed by atoms with E-state index in [9.17, 15) is 4.79 Å². The molecule has 1 fully saturated rings. The molecule has 8 heteroatoms. The third-order valence-electron chi connectivity index (χ3n) is 3.50. The van der Waals surface area contributed by atoms with E-state index in [1.807, 2.05) is 18.2 Å². The minimum atomic E-state index is -0.0802. The van der Waals surface area contributed by atoms with Gasteiger partial charge < -0.3 is 9.47 Å². The molecule has 2 aromatic rings. The molecule has 1 N–H and O–H groups in total. The second-order valence-electron chi connectivity index (χ2n) is 5.36. The lowest BCUT2D eigenvalue weighted by molar-refractivity contribution is -0.113. The van der Waals surface area contributed by atoms with Gasteiger partial charge in [0.05, 0.1) is 5.75 Å². The van der Waals surface area contributed by atoms with Crippen molar-refractivity contribution in [1.29, 1.82) is 0 Å². The van der Waals surface area contributed by atoms with Gasteiger partial charge in [-0.15, -0.1) is 22.0 Å². The van der Waals surface area contributed by atoms with Crippen LogP contribution in [0.3, 0.4) is 0 Å². The van der Waals surface area contributed by atoms with E-state index < -0.39 is 0 Å². The summed E-state index contributed by atoms with van der Waals surface area (Å²) in [5.74, 6) is 2.29. The summed E-state index contributed by atoms with van der Waals surface area (Å²) in [4.78, 5) is 13.0. The zero-order valence-corrected chi connectivity index (χ0v) is 13.9. The van der Waals surface area contributed by atoms with Crippen molar-refractivity contribution >= 4 is 34.1 Å². The summed E-state index contributed by atoms with van der Waals surface area (Å²) >= 11 is 2.93. The first-order valence-electron chi connectivity index (χ1n) is 7.43. The van der Waals surface area contributed by atoms with Crippen molar-refractivity contribution in [2.24, 2.45) is 0 Å². The number of fused-ring (bicyclic) bond motifs is 1. The molecule has 1 amide bonds. The van der Waals surface area contributed by atoms with Gasteiger partial charge in [-0.2, -0.15) is 0 Å². The summed E-state index contributed by atoms with van der Waals surface area (Å²) in [6, 6.07) is 5.71. The van der Waals surface area contributed by atoms with Crippen LogP contribution in [-0.4, -0.2) is 35.1 Å². The summed E-state index contributed by atoms with van der Waals surface area (Å²) < 4.78 is 11.0. The minimum Gasteiger partial charge on any atom is -0.486 e. The molecule has 2 aliphatic rings. The predicted molar refractivity (Wildman–Crippen MR) is 88.7 cm³/mol. The van der Waals surface area contributed by atoms with Crippen LogP contribution in [0.25, 0.3) is 0 Å². The maximum Gasteiger partial charge on any atom is 0.236 e. The molecule has 2 heterocycles. The highest BCUT2D eigenvalue weighted by molar-refractivity contribution is 8.00. The van der Waals surface area contributed by atoms with Crippen LogP contribution in [0.2, 0.25) is 0 Å². The van der Waals surface area contributed by atoms with Crippen LogP contribution in [0.4, 0.5) is 5.13 Å². The van der Waals surface area contributed by atoms with Crippen molar-refractivity contribution < 1.29 is 14.3 Å². The molecule has 0 radical (unpaired) electrons. The number of nitrogens with one attached hydrogen (secondary N) is 1. The molecule has 0 spiro atoms. The largest absolute Gasteiger partial charge is 0.486 e. The molecule has 6 nitrogen and oxygen atoms in total. The quantitative estimate of drug-likeness (QED) is 0.837. The number of anilines is 1. The summed E-state index contributed by atoms with van der Waals surface area (Å²) in [5, 5.41) is 12.6. The zero-order valence-electron chi connectivity index (χ0n) is 12.3. The Morgan fingerprint density at radius 3 is 2.91 bits per heavy atom. The van der Waals surface area contributed by atoms with Crippen LogP contribution in [-0.2, 0) is 4.79 Å². The Labute approximate surface area is 141 Å². The number of rotatable bonds is 5. The van der Waals surface area contributed by atoms with Gasteiger partial charge >= 0.3 is 0 Å². The van der Waals surface area contributed by atoms with Gasteiger partial charge in [-0.3, -0.25) is 10.1 Å². The Kier molecular flexibility index (Phi) is 4.09. The topological polar surface area (TPSA) is 73.3 Å². The first-order valence-corrected chi connectivity index (χ1v) is 9.24. The summed E-state index contributed by atoms with van der Waals surface area (Å²) in [6.07, 6.45) is 2.37. The summed E-state index contributed by atoms with van der Waals surface area (Å²) in [6.45, 7) is 1.13. The predicted octanol–water partition coefficient (Wildman–Crippen LogP) is 2.92. The fraction of sp³-hybridized carbons (Fsp3) is 0.400. The van der Waals surface area contributed by atoms with Gasteiger partial charge in [0.15, 0.2) is 11.5 Å². The van der Waals surface area contributed by atoms with Crippen molar-refractivity contribution in [2.45, 2.75) is 23.7 Å². The number of thioether (sulfide) groups is 1. The molecule has 0 saturated heterocycles. The van der Waals surface area contributed by atoms with Gasteiger partial charge in [-0.05, 0) is 31.0 Å². The number of hydrogen-bond acceptors (Lipinski definition) is 7. The van der Waals surface area contributed by atoms with Crippen molar-refractivity contribution in [3.8, 4) is 11.5 Å². The van der Waals surface area contributed by atoms with Gasteiger partial charge in [0.25, 0.3) is 0 Å². The maximum absolute atomic E-state index is 12.0. The molecular formula is C15H15N3O3S2. The van der Waals surface area contributed by atoms with E-state index in [0.717, 1.165) is 21.4 Å².